The molecule has 2 aliphatic rings. The molecule has 0 spiro atoms. The van der Waals surface area contributed by atoms with Gasteiger partial charge in [0.15, 0.2) is 0 Å². The fourth-order valence-corrected chi connectivity index (χ4v) is 3.51. The number of hydrogen-bond acceptors (Lipinski definition) is 3. The third-order valence-electron chi connectivity index (χ3n) is 5.07. The Balaban J connectivity index is 1.65. The van der Waals surface area contributed by atoms with Crippen molar-refractivity contribution in [3.05, 3.63) is 11.9 Å². The molecule has 1 saturated heterocycles. The van der Waals surface area contributed by atoms with Crippen LogP contribution in [0, 0.1) is 12.8 Å². The number of nitrogens with one attached hydrogen (secondary N) is 1. The summed E-state index contributed by atoms with van der Waals surface area (Å²) in [4.78, 5) is 26.6. The molecule has 1 aliphatic carbocycles. The molecule has 1 N–H and O–H groups in total. The van der Waals surface area contributed by atoms with Crippen molar-refractivity contribution >= 4 is 17.5 Å². The standard InChI is InChI=1S/C16H24N4O2/c1-11-14(9-17-19(11)2)18-16(22)12-7-8-15(21)20(10-12)13-5-3-4-6-13/h9,12-13H,3-8,10H2,1-2H3,(H,18,22). The van der Waals surface area contributed by atoms with Gasteiger partial charge in [-0.05, 0) is 26.2 Å². The van der Waals surface area contributed by atoms with Crippen molar-refractivity contribution in [1.29, 1.82) is 0 Å². The van der Waals surface area contributed by atoms with Crippen LogP contribution in [0.2, 0.25) is 0 Å². The number of hydrogen-bond donors (Lipinski definition) is 1. The van der Waals surface area contributed by atoms with Crippen LogP contribution < -0.4 is 5.32 Å². The van der Waals surface area contributed by atoms with E-state index >= 15 is 0 Å². The number of piperidine rings is 1. The zero-order chi connectivity index (χ0) is 15.7. The van der Waals surface area contributed by atoms with E-state index in [1.165, 1.54) is 12.8 Å². The molecule has 1 aromatic rings. The van der Waals surface area contributed by atoms with Gasteiger partial charge in [-0.2, -0.15) is 5.10 Å². The molecule has 1 aliphatic heterocycles. The molecule has 0 aromatic carbocycles. The van der Waals surface area contributed by atoms with Gasteiger partial charge in [-0.1, -0.05) is 12.8 Å². The lowest BCUT2D eigenvalue weighted by molar-refractivity contribution is -0.139. The summed E-state index contributed by atoms with van der Waals surface area (Å²) in [5, 5.41) is 7.11. The number of carbonyl (C=O) groups excluding carboxylic acids is 2. The summed E-state index contributed by atoms with van der Waals surface area (Å²) in [5.41, 5.74) is 1.70. The predicted octanol–water partition coefficient (Wildman–Crippen LogP) is 1.85. The number of likely N-dealkylation sites (tertiary alicyclic amines) is 1. The maximum atomic E-state index is 12.5. The fourth-order valence-electron chi connectivity index (χ4n) is 3.51. The second kappa shape index (κ2) is 6.10. The summed E-state index contributed by atoms with van der Waals surface area (Å²) in [7, 11) is 1.85. The number of rotatable bonds is 3. The summed E-state index contributed by atoms with van der Waals surface area (Å²) in [6, 6.07) is 0.350. The molecule has 1 aromatic heterocycles. The Labute approximate surface area is 130 Å². The number of carbonyl (C=O) groups is 2. The Bertz CT molecular complexity index is 575. The van der Waals surface area contributed by atoms with Crippen molar-refractivity contribution in [1.82, 2.24) is 14.7 Å². The highest BCUT2D eigenvalue weighted by Crippen LogP contribution is 2.29. The Kier molecular flexibility index (Phi) is 4.18. The molecule has 2 heterocycles. The minimum atomic E-state index is -0.113. The van der Waals surface area contributed by atoms with Crippen molar-refractivity contribution in [2.45, 2.75) is 51.5 Å². The van der Waals surface area contributed by atoms with E-state index < -0.39 is 0 Å². The zero-order valence-electron chi connectivity index (χ0n) is 13.3. The monoisotopic (exact) mass is 304 g/mol. The van der Waals surface area contributed by atoms with Crippen LogP contribution >= 0.6 is 0 Å². The van der Waals surface area contributed by atoms with Gasteiger partial charge in [0.25, 0.3) is 0 Å². The number of amides is 2. The van der Waals surface area contributed by atoms with Crippen molar-refractivity contribution in [2.75, 3.05) is 11.9 Å². The van der Waals surface area contributed by atoms with Crippen LogP contribution in [0.25, 0.3) is 0 Å². The van der Waals surface area contributed by atoms with Gasteiger partial charge in [-0.25, -0.2) is 0 Å². The van der Waals surface area contributed by atoms with Crippen molar-refractivity contribution in [2.24, 2.45) is 13.0 Å². The molecule has 2 fully saturated rings. The molecule has 0 bridgehead atoms. The molecule has 120 valence electrons. The van der Waals surface area contributed by atoms with Crippen molar-refractivity contribution in [3.8, 4) is 0 Å². The van der Waals surface area contributed by atoms with Crippen LogP contribution in [0.5, 0.6) is 0 Å². The SMILES string of the molecule is Cc1c(NC(=O)C2CCC(=O)N(C3CCCC3)C2)cnn1C. The molecule has 1 unspecified atom stereocenters. The van der Waals surface area contributed by atoms with Crippen LogP contribution in [0.1, 0.15) is 44.2 Å². The van der Waals surface area contributed by atoms with E-state index in [0.717, 1.165) is 24.2 Å². The fraction of sp³-hybridized carbons (Fsp3) is 0.688. The summed E-state index contributed by atoms with van der Waals surface area (Å²) in [6.07, 6.45) is 7.37. The van der Waals surface area contributed by atoms with Crippen LogP contribution in [-0.4, -0.2) is 39.1 Å². The minimum Gasteiger partial charge on any atom is -0.339 e. The van der Waals surface area contributed by atoms with E-state index in [1.807, 2.05) is 18.9 Å². The predicted molar refractivity (Wildman–Crippen MR) is 83.3 cm³/mol. The highest BCUT2D eigenvalue weighted by atomic mass is 16.2. The van der Waals surface area contributed by atoms with Crippen molar-refractivity contribution < 1.29 is 9.59 Å². The molecule has 2 amide bonds. The number of nitrogens with zero attached hydrogens (tertiary/aromatic N) is 3. The topological polar surface area (TPSA) is 67.2 Å². The van der Waals surface area contributed by atoms with E-state index in [9.17, 15) is 9.59 Å². The number of aryl methyl sites for hydroxylation is 1. The first-order valence-electron chi connectivity index (χ1n) is 8.15. The lowest BCUT2D eigenvalue weighted by Crippen LogP contribution is -2.48. The van der Waals surface area contributed by atoms with Gasteiger partial charge in [-0.15, -0.1) is 0 Å². The maximum absolute atomic E-state index is 12.5. The van der Waals surface area contributed by atoms with Gasteiger partial charge in [0, 0.05) is 26.1 Å². The lowest BCUT2D eigenvalue weighted by Gasteiger charge is -2.36. The van der Waals surface area contributed by atoms with Gasteiger partial charge in [-0.3, -0.25) is 14.3 Å². The third kappa shape index (κ3) is 2.87. The van der Waals surface area contributed by atoms with Crippen LogP contribution in [-0.2, 0) is 16.6 Å². The third-order valence-corrected chi connectivity index (χ3v) is 5.07. The van der Waals surface area contributed by atoms with Crippen LogP contribution in [0.3, 0.4) is 0 Å². The Hall–Kier alpha value is -1.85. The molecular formula is C16H24N4O2. The van der Waals surface area contributed by atoms with E-state index in [4.69, 9.17) is 0 Å². The molecule has 3 rings (SSSR count). The average molecular weight is 304 g/mol. The number of anilines is 1. The smallest absolute Gasteiger partial charge is 0.229 e. The molecule has 1 atom stereocenters. The quantitative estimate of drug-likeness (QED) is 0.926. The summed E-state index contributed by atoms with van der Waals surface area (Å²) < 4.78 is 1.74. The lowest BCUT2D eigenvalue weighted by atomic mass is 9.94. The average Bonchev–Trinajstić information content (AvgIpc) is 3.13. The van der Waals surface area contributed by atoms with Gasteiger partial charge < -0.3 is 10.2 Å². The van der Waals surface area contributed by atoms with E-state index in [0.29, 0.717) is 25.4 Å². The minimum absolute atomic E-state index is 0.00611. The Morgan fingerprint density at radius 2 is 2.05 bits per heavy atom. The number of aromatic nitrogens is 2. The first-order valence-corrected chi connectivity index (χ1v) is 8.15. The second-order valence-electron chi connectivity index (χ2n) is 6.48. The van der Waals surface area contributed by atoms with Crippen LogP contribution in [0.4, 0.5) is 5.69 Å². The van der Waals surface area contributed by atoms with Gasteiger partial charge in [0.1, 0.15) is 0 Å². The first-order chi connectivity index (χ1) is 10.6. The van der Waals surface area contributed by atoms with Crippen LogP contribution in [0.15, 0.2) is 6.20 Å². The highest BCUT2D eigenvalue weighted by Gasteiger charge is 2.35. The second-order valence-corrected chi connectivity index (χ2v) is 6.48. The Morgan fingerprint density at radius 1 is 1.32 bits per heavy atom. The van der Waals surface area contributed by atoms with Crippen molar-refractivity contribution in [3.63, 3.8) is 0 Å². The zero-order valence-corrected chi connectivity index (χ0v) is 13.3. The molecule has 22 heavy (non-hydrogen) atoms. The van der Waals surface area contributed by atoms with E-state index in [-0.39, 0.29) is 17.7 Å². The summed E-state index contributed by atoms with van der Waals surface area (Å²) in [6.45, 7) is 2.49. The Morgan fingerprint density at radius 3 is 2.68 bits per heavy atom. The molecule has 1 saturated carbocycles. The molecular weight excluding hydrogens is 280 g/mol. The van der Waals surface area contributed by atoms with Gasteiger partial charge in [0.2, 0.25) is 11.8 Å². The van der Waals surface area contributed by atoms with Gasteiger partial charge in [0.05, 0.1) is 23.5 Å². The normalized spacial score (nSPS) is 23.1. The summed E-state index contributed by atoms with van der Waals surface area (Å²) in [5.74, 6) is 0.109. The first kappa shape index (κ1) is 15.1. The molecule has 6 heteroatoms. The maximum Gasteiger partial charge on any atom is 0.229 e. The van der Waals surface area contributed by atoms with Gasteiger partial charge >= 0.3 is 0 Å². The highest BCUT2D eigenvalue weighted by molar-refractivity contribution is 5.94. The summed E-state index contributed by atoms with van der Waals surface area (Å²) >= 11 is 0. The van der Waals surface area contributed by atoms with E-state index in [2.05, 4.69) is 10.4 Å². The molecule has 0 radical (unpaired) electrons. The van der Waals surface area contributed by atoms with E-state index in [1.54, 1.807) is 10.9 Å². The molecule has 6 nitrogen and oxygen atoms in total. The largest absolute Gasteiger partial charge is 0.339 e.